The molecule has 0 saturated heterocycles. The second-order valence-corrected chi connectivity index (χ2v) is 5.91. The second-order valence-electron chi connectivity index (χ2n) is 5.91. The SMILES string of the molecule is CCC(C)(C(C)C)C(C)C(C)C(C)C. The highest BCUT2D eigenvalue weighted by Crippen LogP contribution is 2.43. The van der Waals surface area contributed by atoms with Crippen LogP contribution in [0.2, 0.25) is 0 Å². The summed E-state index contributed by atoms with van der Waals surface area (Å²) in [6.45, 7) is 19.1. The maximum absolute atomic E-state index is 2.46. The summed E-state index contributed by atoms with van der Waals surface area (Å²) >= 11 is 0. The molecule has 0 amide bonds. The summed E-state index contributed by atoms with van der Waals surface area (Å²) in [6, 6.07) is 0. The molecule has 0 nitrogen and oxygen atoms in total. The molecule has 0 aromatic carbocycles. The fourth-order valence-electron chi connectivity index (χ4n) is 2.43. The maximum Gasteiger partial charge on any atom is -0.0277 e. The van der Waals surface area contributed by atoms with Gasteiger partial charge in [-0.2, -0.15) is 0 Å². The third-order valence-corrected chi connectivity index (χ3v) is 4.96. The fraction of sp³-hybridized carbons (Fsp3) is 1.00. The van der Waals surface area contributed by atoms with Gasteiger partial charge >= 0.3 is 0 Å². The zero-order valence-electron chi connectivity index (χ0n) is 11.5. The van der Waals surface area contributed by atoms with E-state index >= 15 is 0 Å². The van der Waals surface area contributed by atoms with Crippen molar-refractivity contribution >= 4 is 0 Å². The van der Waals surface area contributed by atoms with Crippen molar-refractivity contribution in [2.45, 2.75) is 61.8 Å². The molecule has 0 N–H and O–H groups in total. The Balaban J connectivity index is 4.69. The van der Waals surface area contributed by atoms with Crippen LogP contribution in [-0.4, -0.2) is 0 Å². The van der Waals surface area contributed by atoms with Crippen LogP contribution in [-0.2, 0) is 0 Å². The Bertz CT molecular complexity index is 157. The number of hydrogen-bond donors (Lipinski definition) is 0. The van der Waals surface area contributed by atoms with Gasteiger partial charge in [0.25, 0.3) is 0 Å². The van der Waals surface area contributed by atoms with Gasteiger partial charge in [-0.25, -0.2) is 0 Å². The average molecular weight is 198 g/mol. The van der Waals surface area contributed by atoms with Crippen LogP contribution in [0, 0.1) is 29.1 Å². The van der Waals surface area contributed by atoms with Crippen LogP contribution in [0.5, 0.6) is 0 Å². The lowest BCUT2D eigenvalue weighted by molar-refractivity contribution is 0.0613. The van der Waals surface area contributed by atoms with Gasteiger partial charge in [-0.15, -0.1) is 0 Å². The lowest BCUT2D eigenvalue weighted by Crippen LogP contribution is -2.35. The van der Waals surface area contributed by atoms with Gasteiger partial charge in [-0.3, -0.25) is 0 Å². The van der Waals surface area contributed by atoms with Gasteiger partial charge in [0.2, 0.25) is 0 Å². The third-order valence-electron chi connectivity index (χ3n) is 4.96. The van der Waals surface area contributed by atoms with Crippen LogP contribution in [0.1, 0.15) is 61.8 Å². The Morgan fingerprint density at radius 1 is 0.929 bits per heavy atom. The van der Waals surface area contributed by atoms with Gasteiger partial charge < -0.3 is 0 Å². The molecule has 0 rings (SSSR count). The lowest BCUT2D eigenvalue weighted by Gasteiger charge is -2.43. The first-order valence-electron chi connectivity index (χ1n) is 6.27. The first-order chi connectivity index (χ1) is 6.27. The molecule has 0 bridgehead atoms. The van der Waals surface area contributed by atoms with E-state index in [4.69, 9.17) is 0 Å². The Kier molecular flexibility index (Phi) is 5.19. The highest BCUT2D eigenvalue weighted by Gasteiger charge is 2.36. The van der Waals surface area contributed by atoms with Gasteiger partial charge in [0.1, 0.15) is 0 Å². The monoisotopic (exact) mass is 198 g/mol. The molecule has 0 heteroatoms. The zero-order chi connectivity index (χ0) is 11.5. The van der Waals surface area contributed by atoms with E-state index in [0.717, 1.165) is 23.7 Å². The molecule has 0 saturated carbocycles. The highest BCUT2D eigenvalue weighted by molar-refractivity contribution is 4.85. The van der Waals surface area contributed by atoms with Crippen molar-refractivity contribution in [2.24, 2.45) is 29.1 Å². The minimum absolute atomic E-state index is 0.504. The van der Waals surface area contributed by atoms with Gasteiger partial charge in [-0.1, -0.05) is 61.8 Å². The van der Waals surface area contributed by atoms with E-state index < -0.39 is 0 Å². The Morgan fingerprint density at radius 2 is 1.36 bits per heavy atom. The standard InChI is InChI=1S/C14H30/c1-9-14(8,11(4)5)13(7)12(6)10(2)3/h10-13H,9H2,1-8H3. The fourth-order valence-corrected chi connectivity index (χ4v) is 2.43. The topological polar surface area (TPSA) is 0 Å². The van der Waals surface area contributed by atoms with Crippen molar-refractivity contribution in [3.05, 3.63) is 0 Å². The van der Waals surface area contributed by atoms with Gasteiger partial charge in [0.05, 0.1) is 0 Å². The highest BCUT2D eigenvalue weighted by atomic mass is 14.4. The van der Waals surface area contributed by atoms with Crippen LogP contribution >= 0.6 is 0 Å². The van der Waals surface area contributed by atoms with E-state index in [0.29, 0.717) is 5.41 Å². The molecule has 3 unspecified atom stereocenters. The van der Waals surface area contributed by atoms with Crippen LogP contribution in [0.15, 0.2) is 0 Å². The summed E-state index contributed by atoms with van der Waals surface area (Å²) in [5.41, 5.74) is 0.504. The molecule has 0 aromatic rings. The minimum Gasteiger partial charge on any atom is -0.0648 e. The summed E-state index contributed by atoms with van der Waals surface area (Å²) in [5, 5.41) is 0. The molecular weight excluding hydrogens is 168 g/mol. The van der Waals surface area contributed by atoms with Gasteiger partial charge in [0.15, 0.2) is 0 Å². The molecule has 3 atom stereocenters. The van der Waals surface area contributed by atoms with E-state index in [1.807, 2.05) is 0 Å². The van der Waals surface area contributed by atoms with Crippen LogP contribution in [0.25, 0.3) is 0 Å². The average Bonchev–Trinajstić information content (AvgIpc) is 2.13. The molecule has 0 aliphatic rings. The van der Waals surface area contributed by atoms with E-state index in [2.05, 4.69) is 55.4 Å². The molecule has 86 valence electrons. The van der Waals surface area contributed by atoms with Crippen molar-refractivity contribution in [3.8, 4) is 0 Å². The van der Waals surface area contributed by atoms with Crippen molar-refractivity contribution in [1.82, 2.24) is 0 Å². The molecule has 0 fully saturated rings. The third kappa shape index (κ3) is 2.74. The summed E-state index contributed by atoms with van der Waals surface area (Å²) < 4.78 is 0. The summed E-state index contributed by atoms with van der Waals surface area (Å²) in [7, 11) is 0. The van der Waals surface area contributed by atoms with E-state index in [1.54, 1.807) is 0 Å². The molecule has 0 aliphatic heterocycles. The molecule has 0 aromatic heterocycles. The van der Waals surface area contributed by atoms with E-state index in [1.165, 1.54) is 6.42 Å². The quantitative estimate of drug-likeness (QED) is 0.584. The minimum atomic E-state index is 0.504. The zero-order valence-corrected chi connectivity index (χ0v) is 11.5. The summed E-state index contributed by atoms with van der Waals surface area (Å²) in [6.07, 6.45) is 1.29. The Labute approximate surface area is 91.5 Å². The van der Waals surface area contributed by atoms with Crippen molar-refractivity contribution in [1.29, 1.82) is 0 Å². The van der Waals surface area contributed by atoms with Crippen LogP contribution in [0.3, 0.4) is 0 Å². The summed E-state index contributed by atoms with van der Waals surface area (Å²) in [4.78, 5) is 0. The van der Waals surface area contributed by atoms with E-state index in [9.17, 15) is 0 Å². The predicted octanol–water partition coefficient (Wildman–Crippen LogP) is 4.99. The van der Waals surface area contributed by atoms with Crippen LogP contribution < -0.4 is 0 Å². The summed E-state index contributed by atoms with van der Waals surface area (Å²) in [5.74, 6) is 3.22. The Hall–Kier alpha value is 0. The first-order valence-corrected chi connectivity index (χ1v) is 6.27. The predicted molar refractivity (Wildman–Crippen MR) is 66.4 cm³/mol. The lowest BCUT2D eigenvalue weighted by atomic mass is 9.62. The largest absolute Gasteiger partial charge is 0.0648 e. The maximum atomic E-state index is 2.46. The van der Waals surface area contributed by atoms with Gasteiger partial charge in [0, 0.05) is 0 Å². The second kappa shape index (κ2) is 5.19. The van der Waals surface area contributed by atoms with Crippen LogP contribution in [0.4, 0.5) is 0 Å². The smallest absolute Gasteiger partial charge is 0.0277 e. The van der Waals surface area contributed by atoms with Gasteiger partial charge in [-0.05, 0) is 29.1 Å². The van der Waals surface area contributed by atoms with E-state index in [-0.39, 0.29) is 0 Å². The molecule has 0 spiro atoms. The first kappa shape index (κ1) is 14.0. The molecule has 0 heterocycles. The molecule has 0 aliphatic carbocycles. The molecular formula is C14H30. The number of hydrogen-bond acceptors (Lipinski definition) is 0. The normalized spacial score (nSPS) is 21.0. The number of rotatable bonds is 5. The van der Waals surface area contributed by atoms with Crippen molar-refractivity contribution in [3.63, 3.8) is 0 Å². The van der Waals surface area contributed by atoms with Crippen molar-refractivity contribution < 1.29 is 0 Å². The molecule has 14 heavy (non-hydrogen) atoms. The Morgan fingerprint density at radius 3 is 1.57 bits per heavy atom. The van der Waals surface area contributed by atoms with Crippen molar-refractivity contribution in [2.75, 3.05) is 0 Å². The molecule has 0 radical (unpaired) electrons.